The average Bonchev–Trinajstić information content (AvgIpc) is 3.21. The second kappa shape index (κ2) is 10.2. The van der Waals surface area contributed by atoms with Crippen molar-refractivity contribution in [1.82, 2.24) is 4.90 Å². The summed E-state index contributed by atoms with van der Waals surface area (Å²) in [6.45, 7) is 0.668. The highest BCUT2D eigenvalue weighted by Gasteiger charge is 2.37. The number of unbranched alkanes of at least 4 members (excludes halogenated alkanes) is 3. The van der Waals surface area contributed by atoms with Gasteiger partial charge in [-0.05, 0) is 31.8 Å². The number of carbonyl (C=O) groups excluding carboxylic acids is 4. The highest BCUT2D eigenvalue weighted by molar-refractivity contribution is 5.98. The van der Waals surface area contributed by atoms with Gasteiger partial charge in [0.05, 0.1) is 7.11 Å². The fraction of sp³-hybridized carbons (Fsp3) is 0.700. The van der Waals surface area contributed by atoms with Gasteiger partial charge < -0.3 is 9.64 Å². The molecule has 1 heterocycles. The molecule has 0 N–H and O–H groups in total. The van der Waals surface area contributed by atoms with Gasteiger partial charge in [-0.1, -0.05) is 19.3 Å². The Hall–Kier alpha value is -1.98. The lowest BCUT2D eigenvalue weighted by atomic mass is 9.87. The quantitative estimate of drug-likeness (QED) is 0.339. The normalized spacial score (nSPS) is 23.2. The summed E-state index contributed by atoms with van der Waals surface area (Å²) < 4.78 is 4.61. The maximum atomic E-state index is 12.5. The zero-order chi connectivity index (χ0) is 18.9. The van der Waals surface area contributed by atoms with Crippen LogP contribution in [0.1, 0.15) is 64.2 Å². The number of nitrogens with zero attached hydrogens (tertiary/aromatic N) is 1. The van der Waals surface area contributed by atoms with Crippen LogP contribution in [0.3, 0.4) is 0 Å². The monoisotopic (exact) mass is 363 g/mol. The Morgan fingerprint density at radius 2 is 1.92 bits per heavy atom. The maximum Gasteiger partial charge on any atom is 0.305 e. The number of methoxy groups -OCH3 is 1. The van der Waals surface area contributed by atoms with Crippen LogP contribution in [0.4, 0.5) is 0 Å². The fourth-order valence-corrected chi connectivity index (χ4v) is 3.81. The van der Waals surface area contributed by atoms with E-state index in [1.54, 1.807) is 11.1 Å². The van der Waals surface area contributed by atoms with E-state index >= 15 is 0 Å². The van der Waals surface area contributed by atoms with E-state index in [-0.39, 0.29) is 35.3 Å². The molecule has 0 spiro atoms. The van der Waals surface area contributed by atoms with Crippen LogP contribution in [0.2, 0.25) is 0 Å². The summed E-state index contributed by atoms with van der Waals surface area (Å²) in [6, 6.07) is 0. The average molecular weight is 363 g/mol. The van der Waals surface area contributed by atoms with E-state index in [9.17, 15) is 19.2 Å². The number of likely N-dealkylation sites (tertiary alicyclic amines) is 1. The number of ether oxygens (including phenoxy) is 1. The molecule has 1 saturated heterocycles. The van der Waals surface area contributed by atoms with Crippen molar-refractivity contribution in [3.05, 3.63) is 12.3 Å². The molecule has 2 fully saturated rings. The minimum absolute atomic E-state index is 0.0359. The minimum atomic E-state index is -0.244. The second-order valence-corrected chi connectivity index (χ2v) is 7.16. The molecule has 0 aromatic heterocycles. The Balaban J connectivity index is 1.74. The van der Waals surface area contributed by atoms with Crippen molar-refractivity contribution in [2.45, 2.75) is 64.2 Å². The molecule has 0 bridgehead atoms. The van der Waals surface area contributed by atoms with Gasteiger partial charge in [-0.15, -0.1) is 0 Å². The SMILES string of the molecule is COC(=O)CCCCCCC1C(=O)CCC1C(=O)C=CN1CCCC1=O. The largest absolute Gasteiger partial charge is 0.469 e. The van der Waals surface area contributed by atoms with Crippen molar-refractivity contribution in [2.75, 3.05) is 13.7 Å². The Morgan fingerprint density at radius 1 is 1.15 bits per heavy atom. The molecule has 26 heavy (non-hydrogen) atoms. The summed E-state index contributed by atoms with van der Waals surface area (Å²) in [5.74, 6) is -0.423. The number of hydrogen-bond acceptors (Lipinski definition) is 5. The summed E-state index contributed by atoms with van der Waals surface area (Å²) in [6.07, 6.45) is 10.2. The molecule has 144 valence electrons. The van der Waals surface area contributed by atoms with Crippen LogP contribution in [-0.4, -0.2) is 42.0 Å². The van der Waals surface area contributed by atoms with Gasteiger partial charge in [0.25, 0.3) is 0 Å². The number of allylic oxidation sites excluding steroid dienone is 1. The summed E-state index contributed by atoms with van der Waals surface area (Å²) in [4.78, 5) is 48.9. The molecule has 6 heteroatoms. The number of rotatable bonds is 10. The third-order valence-electron chi connectivity index (χ3n) is 5.37. The first kappa shape index (κ1) is 20.3. The van der Waals surface area contributed by atoms with Crippen LogP contribution in [0.25, 0.3) is 0 Å². The van der Waals surface area contributed by atoms with E-state index in [1.165, 1.54) is 13.2 Å². The predicted molar refractivity (Wildman–Crippen MR) is 96.0 cm³/mol. The molecular weight excluding hydrogens is 334 g/mol. The number of hydrogen-bond donors (Lipinski definition) is 0. The third-order valence-corrected chi connectivity index (χ3v) is 5.37. The second-order valence-electron chi connectivity index (χ2n) is 7.16. The summed E-state index contributed by atoms with van der Waals surface area (Å²) >= 11 is 0. The van der Waals surface area contributed by atoms with E-state index in [0.29, 0.717) is 32.2 Å². The molecule has 1 aliphatic carbocycles. The van der Waals surface area contributed by atoms with Gasteiger partial charge >= 0.3 is 5.97 Å². The zero-order valence-electron chi connectivity index (χ0n) is 15.6. The summed E-state index contributed by atoms with van der Waals surface area (Å²) in [5, 5.41) is 0. The van der Waals surface area contributed by atoms with Crippen molar-refractivity contribution in [2.24, 2.45) is 11.8 Å². The first-order valence-corrected chi connectivity index (χ1v) is 9.64. The molecule has 2 rings (SSSR count). The number of esters is 1. The standard InChI is InChI=1S/C20H29NO5/c1-26-20(25)9-5-3-2-4-7-15-16(10-11-17(15)22)18(23)12-14-21-13-6-8-19(21)24/h12,14-16H,2-11,13H2,1H3. The van der Waals surface area contributed by atoms with E-state index in [2.05, 4.69) is 4.74 Å². The molecule has 1 amide bonds. The molecule has 1 saturated carbocycles. The van der Waals surface area contributed by atoms with Crippen LogP contribution in [0.15, 0.2) is 12.3 Å². The van der Waals surface area contributed by atoms with Crippen molar-refractivity contribution in [3.63, 3.8) is 0 Å². The fourth-order valence-electron chi connectivity index (χ4n) is 3.81. The molecule has 0 radical (unpaired) electrons. The molecule has 0 aromatic rings. The van der Waals surface area contributed by atoms with Gasteiger partial charge in [-0.2, -0.15) is 0 Å². The number of Topliss-reactive ketones (excluding diaryl/α,β-unsaturated/α-hetero) is 1. The third kappa shape index (κ3) is 5.78. The van der Waals surface area contributed by atoms with Gasteiger partial charge in [0.1, 0.15) is 5.78 Å². The van der Waals surface area contributed by atoms with E-state index in [4.69, 9.17) is 0 Å². The Kier molecular flexibility index (Phi) is 8.01. The van der Waals surface area contributed by atoms with Crippen LogP contribution in [0, 0.1) is 11.8 Å². The van der Waals surface area contributed by atoms with E-state index in [1.807, 2.05) is 0 Å². The van der Waals surface area contributed by atoms with Crippen molar-refractivity contribution in [3.8, 4) is 0 Å². The van der Waals surface area contributed by atoms with Crippen LogP contribution in [-0.2, 0) is 23.9 Å². The minimum Gasteiger partial charge on any atom is -0.469 e. The van der Waals surface area contributed by atoms with Gasteiger partial charge in [0.15, 0.2) is 5.78 Å². The van der Waals surface area contributed by atoms with Crippen molar-refractivity contribution < 1.29 is 23.9 Å². The van der Waals surface area contributed by atoms with Crippen LogP contribution in [0.5, 0.6) is 0 Å². The molecule has 2 unspecified atom stereocenters. The van der Waals surface area contributed by atoms with Crippen molar-refractivity contribution >= 4 is 23.4 Å². The first-order valence-electron chi connectivity index (χ1n) is 9.64. The molecule has 6 nitrogen and oxygen atoms in total. The van der Waals surface area contributed by atoms with E-state index < -0.39 is 0 Å². The van der Waals surface area contributed by atoms with Gasteiger partial charge in [0.2, 0.25) is 5.91 Å². The zero-order valence-corrected chi connectivity index (χ0v) is 15.6. The Labute approximate surface area is 154 Å². The van der Waals surface area contributed by atoms with Crippen LogP contribution < -0.4 is 0 Å². The summed E-state index contributed by atoms with van der Waals surface area (Å²) in [5.41, 5.74) is 0. The Morgan fingerprint density at radius 3 is 2.62 bits per heavy atom. The molecule has 2 atom stereocenters. The molecule has 1 aliphatic heterocycles. The smallest absolute Gasteiger partial charge is 0.305 e. The van der Waals surface area contributed by atoms with Gasteiger partial charge in [-0.25, -0.2) is 0 Å². The van der Waals surface area contributed by atoms with Crippen molar-refractivity contribution in [1.29, 1.82) is 0 Å². The van der Waals surface area contributed by atoms with Crippen LogP contribution >= 0.6 is 0 Å². The summed E-state index contributed by atoms with van der Waals surface area (Å²) in [7, 11) is 1.39. The molecule has 2 aliphatic rings. The lowest BCUT2D eigenvalue weighted by Gasteiger charge is -2.16. The first-order chi connectivity index (χ1) is 12.5. The van der Waals surface area contributed by atoms with Gasteiger partial charge in [-0.3, -0.25) is 19.2 Å². The molecular formula is C20H29NO5. The van der Waals surface area contributed by atoms with E-state index in [0.717, 1.165) is 38.5 Å². The number of ketones is 2. The lowest BCUT2D eigenvalue weighted by molar-refractivity contribution is -0.140. The lowest BCUT2D eigenvalue weighted by Crippen LogP contribution is -2.23. The maximum absolute atomic E-state index is 12.5. The highest BCUT2D eigenvalue weighted by atomic mass is 16.5. The predicted octanol–water partition coefficient (Wildman–Crippen LogP) is 2.80. The highest BCUT2D eigenvalue weighted by Crippen LogP contribution is 2.34. The number of carbonyl (C=O) groups is 4. The topological polar surface area (TPSA) is 80.8 Å². The van der Waals surface area contributed by atoms with Gasteiger partial charge in [0, 0.05) is 43.8 Å². The number of amides is 1. The Bertz CT molecular complexity index is 569. The molecule has 0 aromatic carbocycles.